The average Bonchev–Trinajstić information content (AvgIpc) is 3.72. The zero-order valence-corrected chi connectivity index (χ0v) is 60.3. The summed E-state index contributed by atoms with van der Waals surface area (Å²) in [6, 6.07) is 0. The molecule has 0 aliphatic heterocycles. The van der Waals surface area contributed by atoms with E-state index in [1.54, 1.807) is 0 Å². The lowest BCUT2D eigenvalue weighted by molar-refractivity contribution is -0.161. The van der Waals surface area contributed by atoms with E-state index in [-0.39, 0.29) is 25.7 Å². The van der Waals surface area contributed by atoms with Gasteiger partial charge in [-0.2, -0.15) is 0 Å². The van der Waals surface area contributed by atoms with Crippen molar-refractivity contribution in [3.05, 3.63) is 24.3 Å². The summed E-state index contributed by atoms with van der Waals surface area (Å²) < 4.78 is 68.3. The molecule has 0 aromatic carbocycles. The average molecular weight is 1340 g/mol. The maximum atomic E-state index is 13.0. The van der Waals surface area contributed by atoms with E-state index in [0.29, 0.717) is 25.7 Å². The van der Waals surface area contributed by atoms with E-state index in [1.165, 1.54) is 154 Å². The lowest BCUT2D eigenvalue weighted by atomic mass is 10.0. The van der Waals surface area contributed by atoms with Crippen molar-refractivity contribution in [1.82, 2.24) is 0 Å². The molecule has 3 N–H and O–H groups in total. The van der Waals surface area contributed by atoms with Crippen molar-refractivity contribution >= 4 is 39.5 Å². The van der Waals surface area contributed by atoms with Crippen LogP contribution in [0.2, 0.25) is 0 Å². The van der Waals surface area contributed by atoms with Crippen LogP contribution >= 0.6 is 15.6 Å². The number of hydrogen-bond donors (Lipinski definition) is 3. The molecule has 5 atom stereocenters. The number of aliphatic hydroxyl groups excluding tert-OH is 1. The van der Waals surface area contributed by atoms with Crippen molar-refractivity contribution in [3.8, 4) is 0 Å². The highest BCUT2D eigenvalue weighted by atomic mass is 31.2. The number of phosphoric ester groups is 2. The third kappa shape index (κ3) is 66.0. The quantitative estimate of drug-likeness (QED) is 0.0169. The molecule has 0 bridgehead atoms. The monoisotopic (exact) mass is 1330 g/mol. The number of carbonyl (C=O) groups excluding carboxylic acids is 4. The topological polar surface area (TPSA) is 237 Å². The molecule has 17 nitrogen and oxygen atoms in total. The van der Waals surface area contributed by atoms with Crippen LogP contribution in [-0.4, -0.2) is 96.7 Å². The Morgan fingerprint density at radius 1 is 0.341 bits per heavy atom. The molecular formula is C72H136O17P2. The van der Waals surface area contributed by atoms with Gasteiger partial charge in [-0.1, -0.05) is 296 Å². The Kier molecular flexibility index (Phi) is 63.1. The van der Waals surface area contributed by atoms with Gasteiger partial charge >= 0.3 is 39.5 Å². The number of carbonyl (C=O) groups is 4. The zero-order chi connectivity index (χ0) is 67.0. The van der Waals surface area contributed by atoms with Crippen LogP contribution in [-0.2, 0) is 65.4 Å². The number of ether oxygens (including phenoxy) is 4. The highest BCUT2D eigenvalue weighted by Gasteiger charge is 2.30. The Hall–Kier alpha value is -2.46. The molecule has 0 amide bonds. The molecule has 0 aromatic rings. The fourth-order valence-electron chi connectivity index (χ4n) is 10.5. The van der Waals surface area contributed by atoms with E-state index in [4.69, 9.17) is 37.0 Å². The minimum atomic E-state index is -4.96. The predicted molar refractivity (Wildman–Crippen MR) is 368 cm³/mol. The molecule has 2 unspecified atom stereocenters. The molecule has 19 heteroatoms. The molecule has 0 saturated carbocycles. The Labute approximate surface area is 554 Å². The van der Waals surface area contributed by atoms with E-state index >= 15 is 0 Å². The number of esters is 4. The fourth-order valence-corrected chi connectivity index (χ4v) is 12.0. The first-order valence-electron chi connectivity index (χ1n) is 37.0. The molecule has 0 saturated heterocycles. The van der Waals surface area contributed by atoms with Crippen molar-refractivity contribution in [2.75, 3.05) is 39.6 Å². The summed E-state index contributed by atoms with van der Waals surface area (Å²) in [6.07, 6.45) is 54.9. The van der Waals surface area contributed by atoms with Gasteiger partial charge in [-0.15, -0.1) is 0 Å². The van der Waals surface area contributed by atoms with Crippen molar-refractivity contribution in [1.29, 1.82) is 0 Å². The summed E-state index contributed by atoms with van der Waals surface area (Å²) in [5.41, 5.74) is 0. The SMILES string of the molecule is CCCCCC/C=C\C=C/CCCCCCCC(=O)OC[C@H](COP(=O)(O)OC[C@@H](O)COP(=O)(O)OC[C@@H](COC(=O)CCCCCCCCCCC)OC(=O)CCCCCCCCCCC(C)C)OC(=O)CCCCCCCCCCCCCCCCCC. The Morgan fingerprint density at radius 3 is 0.901 bits per heavy atom. The minimum absolute atomic E-state index is 0.101. The second-order valence-corrected chi connectivity index (χ2v) is 28.7. The number of aliphatic hydroxyl groups is 1. The minimum Gasteiger partial charge on any atom is -0.462 e. The van der Waals surface area contributed by atoms with Crippen LogP contribution < -0.4 is 0 Å². The van der Waals surface area contributed by atoms with Gasteiger partial charge in [-0.25, -0.2) is 9.13 Å². The molecular weight excluding hydrogens is 1200 g/mol. The van der Waals surface area contributed by atoms with Gasteiger partial charge in [0.15, 0.2) is 12.2 Å². The number of unbranched alkanes of at least 4 members (excludes halogenated alkanes) is 39. The number of phosphoric acid groups is 2. The molecule has 91 heavy (non-hydrogen) atoms. The summed E-state index contributed by atoms with van der Waals surface area (Å²) in [5.74, 6) is -1.44. The van der Waals surface area contributed by atoms with Gasteiger partial charge in [-0.05, 0) is 57.3 Å². The highest BCUT2D eigenvalue weighted by Crippen LogP contribution is 2.45. The molecule has 0 heterocycles. The molecule has 0 aliphatic carbocycles. The standard InChI is InChI=1S/C72H136O17P2/c1-6-9-12-15-18-21-23-25-27-29-31-33-36-42-47-52-57-71(76)88-67(62-83-70(75)56-51-46-41-35-32-30-28-26-24-22-19-16-13-10-7-2)63-86-90(78,79)84-59-66(73)60-85-91(80,81)87-64-68(61-82-69(74)55-50-45-40-34-20-17-14-11-8-3)89-72(77)58-53-48-43-38-37-39-44-49-54-65(4)5/h22,24,26,28,65-68,73H,6-21,23,25,27,29-64H2,1-5H3,(H,78,79)(H,80,81)/b24-22-,28-26-/t66-,67-,68-/m1/s1. The Balaban J connectivity index is 5.27. The summed E-state index contributed by atoms with van der Waals surface area (Å²) >= 11 is 0. The van der Waals surface area contributed by atoms with Crippen LogP contribution in [0.1, 0.15) is 349 Å². The highest BCUT2D eigenvalue weighted by molar-refractivity contribution is 7.47. The number of rotatable bonds is 70. The first-order valence-corrected chi connectivity index (χ1v) is 39.9. The smallest absolute Gasteiger partial charge is 0.462 e. The summed E-state index contributed by atoms with van der Waals surface area (Å²) in [7, 11) is -9.91. The second kappa shape index (κ2) is 64.9. The first kappa shape index (κ1) is 88.5. The Morgan fingerprint density at radius 2 is 0.593 bits per heavy atom. The van der Waals surface area contributed by atoms with Crippen LogP contribution in [0.5, 0.6) is 0 Å². The summed E-state index contributed by atoms with van der Waals surface area (Å²) in [4.78, 5) is 72.5. The zero-order valence-electron chi connectivity index (χ0n) is 58.5. The van der Waals surface area contributed by atoms with Gasteiger partial charge in [-0.3, -0.25) is 37.3 Å². The van der Waals surface area contributed by atoms with Crippen LogP contribution in [0.15, 0.2) is 24.3 Å². The summed E-state index contributed by atoms with van der Waals surface area (Å²) in [6.45, 7) is 7.14. The van der Waals surface area contributed by atoms with Gasteiger partial charge in [0.1, 0.15) is 19.3 Å². The van der Waals surface area contributed by atoms with Gasteiger partial charge < -0.3 is 33.8 Å². The molecule has 0 radical (unpaired) electrons. The van der Waals surface area contributed by atoms with E-state index in [9.17, 15) is 43.2 Å². The molecule has 0 aliphatic rings. The van der Waals surface area contributed by atoms with Crippen LogP contribution in [0, 0.1) is 5.92 Å². The number of hydrogen-bond acceptors (Lipinski definition) is 15. The van der Waals surface area contributed by atoms with Gasteiger partial charge in [0.25, 0.3) is 0 Å². The van der Waals surface area contributed by atoms with E-state index < -0.39 is 97.5 Å². The first-order chi connectivity index (χ1) is 44.0. The maximum absolute atomic E-state index is 13.0. The normalized spacial score (nSPS) is 14.2. The van der Waals surface area contributed by atoms with Gasteiger partial charge in [0, 0.05) is 25.7 Å². The third-order valence-corrected chi connectivity index (χ3v) is 18.1. The van der Waals surface area contributed by atoms with Gasteiger partial charge in [0.2, 0.25) is 0 Å². The van der Waals surface area contributed by atoms with Crippen molar-refractivity contribution < 1.29 is 80.2 Å². The molecule has 0 fully saturated rings. The lowest BCUT2D eigenvalue weighted by Gasteiger charge is -2.21. The summed E-state index contributed by atoms with van der Waals surface area (Å²) in [5, 5.41) is 10.6. The molecule has 0 spiro atoms. The van der Waals surface area contributed by atoms with E-state index in [1.807, 2.05) is 0 Å². The van der Waals surface area contributed by atoms with Crippen molar-refractivity contribution in [3.63, 3.8) is 0 Å². The maximum Gasteiger partial charge on any atom is 0.472 e. The van der Waals surface area contributed by atoms with Crippen LogP contribution in [0.25, 0.3) is 0 Å². The van der Waals surface area contributed by atoms with Crippen LogP contribution in [0.3, 0.4) is 0 Å². The van der Waals surface area contributed by atoms with Crippen molar-refractivity contribution in [2.24, 2.45) is 5.92 Å². The van der Waals surface area contributed by atoms with E-state index in [0.717, 1.165) is 115 Å². The van der Waals surface area contributed by atoms with Gasteiger partial charge in [0.05, 0.1) is 26.4 Å². The van der Waals surface area contributed by atoms with Crippen LogP contribution in [0.4, 0.5) is 0 Å². The molecule has 536 valence electrons. The van der Waals surface area contributed by atoms with E-state index in [2.05, 4.69) is 58.9 Å². The molecule has 0 aromatic heterocycles. The second-order valence-electron chi connectivity index (χ2n) is 25.8. The lowest BCUT2D eigenvalue weighted by Crippen LogP contribution is -2.30. The largest absolute Gasteiger partial charge is 0.472 e. The Bertz CT molecular complexity index is 1850. The molecule has 0 rings (SSSR count). The fraction of sp³-hybridized carbons (Fsp3) is 0.889. The van der Waals surface area contributed by atoms with Crippen molar-refractivity contribution in [2.45, 2.75) is 368 Å². The predicted octanol–water partition coefficient (Wildman–Crippen LogP) is 20.5. The number of allylic oxidation sites excluding steroid dienone is 4. The third-order valence-electron chi connectivity index (χ3n) is 16.2.